The Balaban J connectivity index is 1.16. The van der Waals surface area contributed by atoms with Gasteiger partial charge < -0.3 is 29.6 Å². The molecule has 10 nitrogen and oxygen atoms in total. The number of hydrogen-bond acceptors (Lipinski definition) is 8. The van der Waals surface area contributed by atoms with Crippen molar-refractivity contribution in [3.05, 3.63) is 54.6 Å². The van der Waals surface area contributed by atoms with Gasteiger partial charge in [-0.3, -0.25) is 4.90 Å². The van der Waals surface area contributed by atoms with E-state index in [0.717, 1.165) is 63.6 Å². The molecule has 0 aliphatic carbocycles. The first kappa shape index (κ1) is 26.6. The summed E-state index contributed by atoms with van der Waals surface area (Å²) in [6, 6.07) is 5.68. The number of piperazine rings is 1. The molecule has 3 aromatic rings. The van der Waals surface area contributed by atoms with E-state index in [4.69, 9.17) is 21.7 Å². The number of nitrogens with one attached hydrogen (secondary N) is 2. The van der Waals surface area contributed by atoms with Crippen LogP contribution < -0.4 is 25.0 Å². The maximum absolute atomic E-state index is 13.0. The molecular weight excluding hydrogens is 495 g/mol. The molecule has 1 fully saturated rings. The van der Waals surface area contributed by atoms with E-state index < -0.39 is 5.82 Å². The predicted molar refractivity (Wildman–Crippen MR) is 145 cm³/mol. The highest BCUT2D eigenvalue weighted by Crippen LogP contribution is 2.30. The summed E-state index contributed by atoms with van der Waals surface area (Å²) in [5, 5.41) is 6.99. The molecule has 1 aliphatic heterocycles. The fourth-order valence-electron chi connectivity index (χ4n) is 4.04. The zero-order valence-corrected chi connectivity index (χ0v) is 22.0. The van der Waals surface area contributed by atoms with Crippen LogP contribution in [0.5, 0.6) is 11.5 Å². The number of benzene rings is 1. The van der Waals surface area contributed by atoms with Crippen molar-refractivity contribution in [2.45, 2.75) is 19.9 Å². The molecule has 198 valence electrons. The topological polar surface area (TPSA) is 92.6 Å². The summed E-state index contributed by atoms with van der Waals surface area (Å²) in [4.78, 5) is 16.7. The molecule has 0 bridgehead atoms. The number of rotatable bonds is 11. The maximum atomic E-state index is 13.0. The van der Waals surface area contributed by atoms with Crippen LogP contribution in [0.3, 0.4) is 0 Å². The Kier molecular flexibility index (Phi) is 9.44. The molecular formula is C25H33FN8O2S. The van der Waals surface area contributed by atoms with Gasteiger partial charge in [-0.25, -0.2) is 19.3 Å². The van der Waals surface area contributed by atoms with Gasteiger partial charge in [-0.1, -0.05) is 0 Å². The highest BCUT2D eigenvalue weighted by Gasteiger charge is 2.19. The van der Waals surface area contributed by atoms with Crippen LogP contribution in [0.1, 0.15) is 12.1 Å². The van der Waals surface area contributed by atoms with Crippen LogP contribution in [-0.4, -0.2) is 82.5 Å². The Hall–Kier alpha value is -3.51. The number of halogens is 1. The standard InChI is InChI=1S/C25H33FN8O2S/c1-19-15-27-18-34(19)7-3-6-28-25(37)31-21-4-5-22(23(14-21)35-2)36-13-12-32-8-10-33(11-9-32)24-29-16-20(26)17-30-24/h4-5,14-18H,3,6-13H2,1-2H3,(H2,28,31,37). The third-order valence-corrected chi connectivity index (χ3v) is 6.38. The van der Waals surface area contributed by atoms with E-state index in [-0.39, 0.29) is 0 Å². The van der Waals surface area contributed by atoms with Crippen LogP contribution in [0.25, 0.3) is 0 Å². The van der Waals surface area contributed by atoms with Gasteiger partial charge in [0.1, 0.15) is 6.61 Å². The van der Waals surface area contributed by atoms with Crippen molar-refractivity contribution in [1.29, 1.82) is 0 Å². The summed E-state index contributed by atoms with van der Waals surface area (Å²) >= 11 is 5.43. The van der Waals surface area contributed by atoms with Crippen LogP contribution >= 0.6 is 12.2 Å². The third-order valence-electron chi connectivity index (χ3n) is 6.13. The number of ether oxygens (including phenoxy) is 2. The van der Waals surface area contributed by atoms with E-state index in [2.05, 4.69) is 40.0 Å². The van der Waals surface area contributed by atoms with E-state index in [1.807, 2.05) is 37.6 Å². The summed E-state index contributed by atoms with van der Waals surface area (Å²) in [7, 11) is 1.62. The number of thiocarbonyl (C=S) groups is 1. The fraction of sp³-hybridized carbons (Fsp3) is 0.440. The molecule has 0 amide bonds. The molecule has 0 spiro atoms. The Labute approximate surface area is 221 Å². The number of aryl methyl sites for hydroxylation is 2. The Morgan fingerprint density at radius 2 is 1.86 bits per heavy atom. The fourth-order valence-corrected chi connectivity index (χ4v) is 4.26. The van der Waals surface area contributed by atoms with Crippen molar-refractivity contribution in [3.8, 4) is 11.5 Å². The first-order valence-corrected chi connectivity index (χ1v) is 12.7. The average molecular weight is 529 g/mol. The van der Waals surface area contributed by atoms with Gasteiger partial charge in [0, 0.05) is 69.5 Å². The molecule has 3 heterocycles. The van der Waals surface area contributed by atoms with Crippen LogP contribution in [0.15, 0.2) is 43.1 Å². The predicted octanol–water partition coefficient (Wildman–Crippen LogP) is 2.71. The summed E-state index contributed by atoms with van der Waals surface area (Å²) in [5.41, 5.74) is 1.97. The van der Waals surface area contributed by atoms with E-state index in [0.29, 0.717) is 29.2 Å². The lowest BCUT2D eigenvalue weighted by molar-refractivity contribution is 0.196. The Morgan fingerprint density at radius 1 is 1.08 bits per heavy atom. The number of hydrogen-bond donors (Lipinski definition) is 2. The minimum absolute atomic E-state index is 0.425. The molecule has 2 N–H and O–H groups in total. The Bertz CT molecular complexity index is 1150. The molecule has 4 rings (SSSR count). The minimum atomic E-state index is -0.425. The number of nitrogens with zero attached hydrogens (tertiary/aromatic N) is 6. The first-order chi connectivity index (χ1) is 18.0. The molecule has 37 heavy (non-hydrogen) atoms. The molecule has 1 saturated heterocycles. The summed E-state index contributed by atoms with van der Waals surface area (Å²) < 4.78 is 26.7. The quantitative estimate of drug-likeness (QED) is 0.286. The van der Waals surface area contributed by atoms with E-state index in [9.17, 15) is 4.39 Å². The van der Waals surface area contributed by atoms with Gasteiger partial charge >= 0.3 is 0 Å². The van der Waals surface area contributed by atoms with Crippen LogP contribution in [0.2, 0.25) is 0 Å². The van der Waals surface area contributed by atoms with Crippen LogP contribution in [0.4, 0.5) is 16.0 Å². The van der Waals surface area contributed by atoms with Crippen molar-refractivity contribution >= 4 is 29.0 Å². The van der Waals surface area contributed by atoms with E-state index in [1.165, 1.54) is 12.4 Å². The second-order valence-corrected chi connectivity index (χ2v) is 9.12. The average Bonchev–Trinajstić information content (AvgIpc) is 3.32. The summed E-state index contributed by atoms with van der Waals surface area (Å²) in [6.07, 6.45) is 7.03. The smallest absolute Gasteiger partial charge is 0.225 e. The van der Waals surface area contributed by atoms with Crippen molar-refractivity contribution < 1.29 is 13.9 Å². The van der Waals surface area contributed by atoms with E-state index in [1.54, 1.807) is 7.11 Å². The van der Waals surface area contributed by atoms with Gasteiger partial charge in [-0.2, -0.15) is 0 Å². The van der Waals surface area contributed by atoms with Crippen LogP contribution in [-0.2, 0) is 6.54 Å². The van der Waals surface area contributed by atoms with Gasteiger partial charge in [-0.05, 0) is 37.7 Å². The molecule has 12 heteroatoms. The zero-order chi connectivity index (χ0) is 26.0. The zero-order valence-electron chi connectivity index (χ0n) is 21.2. The second kappa shape index (κ2) is 13.2. The second-order valence-electron chi connectivity index (χ2n) is 8.71. The van der Waals surface area contributed by atoms with Gasteiger partial charge in [0.05, 0.1) is 25.8 Å². The number of aromatic nitrogens is 4. The van der Waals surface area contributed by atoms with Gasteiger partial charge in [0.15, 0.2) is 22.4 Å². The van der Waals surface area contributed by atoms with Crippen LogP contribution in [0, 0.1) is 12.7 Å². The van der Waals surface area contributed by atoms with Gasteiger partial charge in [-0.15, -0.1) is 0 Å². The third kappa shape index (κ3) is 7.73. The molecule has 1 aliphatic rings. The summed E-state index contributed by atoms with van der Waals surface area (Å²) in [6.45, 7) is 8.29. The van der Waals surface area contributed by atoms with Gasteiger partial charge in [0.2, 0.25) is 5.95 Å². The number of methoxy groups -OCH3 is 1. The normalized spacial score (nSPS) is 13.9. The van der Waals surface area contributed by atoms with Crippen molar-refractivity contribution in [2.24, 2.45) is 0 Å². The van der Waals surface area contributed by atoms with Gasteiger partial charge in [0.25, 0.3) is 0 Å². The monoisotopic (exact) mass is 528 g/mol. The molecule has 0 radical (unpaired) electrons. The molecule has 0 atom stereocenters. The molecule has 2 aromatic heterocycles. The van der Waals surface area contributed by atoms with Crippen molar-refractivity contribution in [3.63, 3.8) is 0 Å². The van der Waals surface area contributed by atoms with E-state index >= 15 is 0 Å². The highest BCUT2D eigenvalue weighted by molar-refractivity contribution is 7.80. The number of imidazole rings is 1. The number of anilines is 2. The minimum Gasteiger partial charge on any atom is -0.493 e. The summed E-state index contributed by atoms with van der Waals surface area (Å²) in [5.74, 6) is 1.46. The molecule has 1 aromatic carbocycles. The van der Waals surface area contributed by atoms with Crippen molar-refractivity contribution in [2.75, 3.05) is 63.2 Å². The lowest BCUT2D eigenvalue weighted by atomic mass is 10.2. The highest BCUT2D eigenvalue weighted by atomic mass is 32.1. The SMILES string of the molecule is COc1cc(NC(=S)NCCCn2cncc2C)ccc1OCCN1CCN(c2ncc(F)cn2)CC1. The lowest BCUT2D eigenvalue weighted by Gasteiger charge is -2.34. The maximum Gasteiger partial charge on any atom is 0.225 e. The molecule has 0 saturated carbocycles. The van der Waals surface area contributed by atoms with Crippen molar-refractivity contribution in [1.82, 2.24) is 29.7 Å². The molecule has 0 unspecified atom stereocenters. The lowest BCUT2D eigenvalue weighted by Crippen LogP contribution is -2.48. The largest absolute Gasteiger partial charge is 0.493 e. The Morgan fingerprint density at radius 3 is 2.57 bits per heavy atom. The first-order valence-electron chi connectivity index (χ1n) is 12.3.